The Bertz CT molecular complexity index is 865. The largest absolute Gasteiger partial charge is 0.497 e. The SMILES string of the molecule is COc1ccc(OC)c(C(=O)NCCCN(Cc2cccnc2)C(=O)OC(C)(C)C)c1. The van der Waals surface area contributed by atoms with Gasteiger partial charge in [-0.1, -0.05) is 6.07 Å². The molecule has 0 atom stereocenters. The van der Waals surface area contributed by atoms with Crippen molar-refractivity contribution in [2.24, 2.45) is 0 Å². The maximum absolute atomic E-state index is 12.6. The molecule has 0 radical (unpaired) electrons. The second-order valence-electron chi connectivity index (χ2n) is 7.94. The van der Waals surface area contributed by atoms with Crippen LogP contribution >= 0.6 is 0 Å². The Labute approximate surface area is 183 Å². The molecule has 0 saturated carbocycles. The van der Waals surface area contributed by atoms with Crippen LogP contribution in [0.1, 0.15) is 43.1 Å². The number of nitrogens with zero attached hydrogens (tertiary/aromatic N) is 2. The zero-order valence-electron chi connectivity index (χ0n) is 18.8. The average molecular weight is 430 g/mol. The van der Waals surface area contributed by atoms with Crippen molar-refractivity contribution in [2.75, 3.05) is 27.3 Å². The molecular weight excluding hydrogens is 398 g/mol. The first-order valence-electron chi connectivity index (χ1n) is 10.1. The number of aromatic nitrogens is 1. The number of pyridine rings is 1. The summed E-state index contributed by atoms with van der Waals surface area (Å²) in [5.74, 6) is 0.760. The monoisotopic (exact) mass is 429 g/mol. The van der Waals surface area contributed by atoms with E-state index in [4.69, 9.17) is 14.2 Å². The van der Waals surface area contributed by atoms with Crippen molar-refractivity contribution in [3.8, 4) is 11.5 Å². The van der Waals surface area contributed by atoms with Gasteiger partial charge in [0.2, 0.25) is 0 Å². The predicted octanol–water partition coefficient (Wildman–Crippen LogP) is 3.66. The van der Waals surface area contributed by atoms with E-state index in [0.29, 0.717) is 43.1 Å². The van der Waals surface area contributed by atoms with Crippen molar-refractivity contribution in [3.05, 3.63) is 53.9 Å². The lowest BCUT2D eigenvalue weighted by Gasteiger charge is -2.27. The third-order valence-electron chi connectivity index (χ3n) is 4.29. The molecule has 0 aliphatic heterocycles. The van der Waals surface area contributed by atoms with Crippen molar-refractivity contribution >= 4 is 12.0 Å². The second kappa shape index (κ2) is 11.2. The zero-order valence-corrected chi connectivity index (χ0v) is 18.8. The van der Waals surface area contributed by atoms with E-state index in [0.717, 1.165) is 5.56 Å². The molecule has 8 nitrogen and oxygen atoms in total. The van der Waals surface area contributed by atoms with E-state index >= 15 is 0 Å². The Balaban J connectivity index is 1.97. The molecule has 1 aromatic heterocycles. The number of ether oxygens (including phenoxy) is 3. The molecule has 168 valence electrons. The third-order valence-corrected chi connectivity index (χ3v) is 4.29. The number of carbonyl (C=O) groups is 2. The van der Waals surface area contributed by atoms with Gasteiger partial charge in [0.1, 0.15) is 17.1 Å². The van der Waals surface area contributed by atoms with E-state index in [1.54, 1.807) is 35.5 Å². The van der Waals surface area contributed by atoms with Crippen molar-refractivity contribution < 1.29 is 23.8 Å². The Kier molecular flexibility index (Phi) is 8.66. The smallest absolute Gasteiger partial charge is 0.410 e. The van der Waals surface area contributed by atoms with Gasteiger partial charge in [0, 0.05) is 25.5 Å². The standard InChI is InChI=1S/C23H31N3O5/c1-23(2,3)31-22(28)26(16-17-8-6-11-24-15-17)13-7-12-25-21(27)19-14-18(29-4)9-10-20(19)30-5/h6,8-11,14-15H,7,12-13,16H2,1-5H3,(H,25,27). The number of benzene rings is 1. The fourth-order valence-electron chi connectivity index (χ4n) is 2.83. The molecule has 0 aliphatic carbocycles. The molecule has 8 heteroatoms. The van der Waals surface area contributed by atoms with Crippen LogP contribution in [0.15, 0.2) is 42.7 Å². The Morgan fingerprint density at radius 1 is 1.13 bits per heavy atom. The fraction of sp³-hybridized carbons (Fsp3) is 0.435. The van der Waals surface area contributed by atoms with E-state index in [2.05, 4.69) is 10.3 Å². The molecule has 1 N–H and O–H groups in total. The summed E-state index contributed by atoms with van der Waals surface area (Å²) >= 11 is 0. The first-order valence-corrected chi connectivity index (χ1v) is 10.1. The number of nitrogens with one attached hydrogen (secondary N) is 1. The van der Waals surface area contributed by atoms with Crippen LogP contribution in [0.25, 0.3) is 0 Å². The minimum atomic E-state index is -0.596. The van der Waals surface area contributed by atoms with Crippen LogP contribution in [-0.4, -0.2) is 54.8 Å². The number of rotatable bonds is 9. The fourth-order valence-corrected chi connectivity index (χ4v) is 2.83. The Morgan fingerprint density at radius 2 is 1.90 bits per heavy atom. The molecule has 1 heterocycles. The first kappa shape index (κ1) is 24.0. The lowest BCUT2D eigenvalue weighted by Crippen LogP contribution is -2.38. The molecule has 0 fully saturated rings. The van der Waals surface area contributed by atoms with Crippen molar-refractivity contribution in [3.63, 3.8) is 0 Å². The van der Waals surface area contributed by atoms with E-state index in [1.807, 2.05) is 32.9 Å². The highest BCUT2D eigenvalue weighted by Gasteiger charge is 2.22. The highest BCUT2D eigenvalue weighted by Crippen LogP contribution is 2.23. The molecule has 1 aromatic carbocycles. The Hall–Kier alpha value is -3.29. The molecule has 0 unspecified atom stereocenters. The minimum absolute atomic E-state index is 0.271. The van der Waals surface area contributed by atoms with Gasteiger partial charge in [-0.15, -0.1) is 0 Å². The number of hydrogen-bond acceptors (Lipinski definition) is 6. The lowest BCUT2D eigenvalue weighted by atomic mass is 10.1. The summed E-state index contributed by atoms with van der Waals surface area (Å²) < 4.78 is 16.0. The lowest BCUT2D eigenvalue weighted by molar-refractivity contribution is 0.0232. The van der Waals surface area contributed by atoms with Crippen LogP contribution < -0.4 is 14.8 Å². The van der Waals surface area contributed by atoms with Crippen LogP contribution in [0.4, 0.5) is 4.79 Å². The molecule has 31 heavy (non-hydrogen) atoms. The van der Waals surface area contributed by atoms with Crippen LogP contribution in [-0.2, 0) is 11.3 Å². The van der Waals surface area contributed by atoms with Gasteiger partial charge in [0.15, 0.2) is 0 Å². The number of amides is 2. The van der Waals surface area contributed by atoms with E-state index in [9.17, 15) is 9.59 Å². The van der Waals surface area contributed by atoms with Gasteiger partial charge in [-0.3, -0.25) is 9.78 Å². The third kappa shape index (κ3) is 7.81. The molecular formula is C23H31N3O5. The van der Waals surface area contributed by atoms with Crippen LogP contribution in [0.2, 0.25) is 0 Å². The van der Waals surface area contributed by atoms with E-state index < -0.39 is 11.7 Å². The molecule has 0 bridgehead atoms. The van der Waals surface area contributed by atoms with Crippen molar-refractivity contribution in [1.29, 1.82) is 0 Å². The number of methoxy groups -OCH3 is 2. The number of hydrogen-bond donors (Lipinski definition) is 1. The quantitative estimate of drug-likeness (QED) is 0.612. The average Bonchev–Trinajstić information content (AvgIpc) is 2.74. The maximum Gasteiger partial charge on any atom is 0.410 e. The molecule has 2 aromatic rings. The van der Waals surface area contributed by atoms with Gasteiger partial charge < -0.3 is 24.4 Å². The van der Waals surface area contributed by atoms with Gasteiger partial charge in [0.05, 0.1) is 26.3 Å². The molecule has 2 amide bonds. The summed E-state index contributed by atoms with van der Waals surface area (Å²) in [6.07, 6.45) is 3.55. The van der Waals surface area contributed by atoms with Gasteiger partial charge >= 0.3 is 6.09 Å². The van der Waals surface area contributed by atoms with Crippen LogP contribution in [0, 0.1) is 0 Å². The van der Waals surface area contributed by atoms with E-state index in [1.165, 1.54) is 14.2 Å². The first-order chi connectivity index (χ1) is 14.7. The van der Waals surface area contributed by atoms with Crippen molar-refractivity contribution in [2.45, 2.75) is 39.3 Å². The highest BCUT2D eigenvalue weighted by molar-refractivity contribution is 5.97. The summed E-state index contributed by atoms with van der Waals surface area (Å²) in [7, 11) is 3.05. The van der Waals surface area contributed by atoms with E-state index in [-0.39, 0.29) is 5.91 Å². The molecule has 2 rings (SSSR count). The molecule has 0 aliphatic rings. The summed E-state index contributed by atoms with van der Waals surface area (Å²) in [5.41, 5.74) is 0.696. The van der Waals surface area contributed by atoms with Gasteiger partial charge in [-0.2, -0.15) is 0 Å². The van der Waals surface area contributed by atoms with Gasteiger partial charge in [-0.25, -0.2) is 4.79 Å². The minimum Gasteiger partial charge on any atom is -0.497 e. The molecule has 0 spiro atoms. The topological polar surface area (TPSA) is 90.0 Å². The number of carbonyl (C=O) groups excluding carboxylic acids is 2. The maximum atomic E-state index is 12.6. The van der Waals surface area contributed by atoms with Crippen molar-refractivity contribution in [1.82, 2.24) is 15.2 Å². The molecule has 0 saturated heterocycles. The summed E-state index contributed by atoms with van der Waals surface area (Å²) in [6, 6.07) is 8.77. The van der Waals surface area contributed by atoms with Crippen LogP contribution in [0.5, 0.6) is 11.5 Å². The van der Waals surface area contributed by atoms with Crippen LogP contribution in [0.3, 0.4) is 0 Å². The second-order valence-corrected chi connectivity index (χ2v) is 7.94. The highest BCUT2D eigenvalue weighted by atomic mass is 16.6. The summed E-state index contributed by atoms with van der Waals surface area (Å²) in [5, 5.41) is 2.87. The van der Waals surface area contributed by atoms with Gasteiger partial charge in [0.25, 0.3) is 5.91 Å². The summed E-state index contributed by atoms with van der Waals surface area (Å²) in [4.78, 5) is 30.9. The van der Waals surface area contributed by atoms with Gasteiger partial charge in [-0.05, 0) is 57.0 Å². The zero-order chi connectivity index (χ0) is 22.9. The Morgan fingerprint density at radius 3 is 2.52 bits per heavy atom. The predicted molar refractivity (Wildman–Crippen MR) is 117 cm³/mol. The summed E-state index contributed by atoms with van der Waals surface area (Å²) in [6.45, 7) is 6.66. The normalized spacial score (nSPS) is 10.9.